The number of aromatic nitrogens is 2. The Kier molecular flexibility index (Phi) is 5.52. The van der Waals surface area contributed by atoms with Gasteiger partial charge in [-0.3, -0.25) is 14.5 Å². The van der Waals surface area contributed by atoms with Gasteiger partial charge in [-0.05, 0) is 24.3 Å². The largest absolute Gasteiger partial charge is 0.497 e. The molecule has 138 valence electrons. The fourth-order valence-electron chi connectivity index (χ4n) is 2.82. The van der Waals surface area contributed by atoms with Gasteiger partial charge in [0.15, 0.2) is 0 Å². The van der Waals surface area contributed by atoms with E-state index in [1.807, 2.05) is 30.3 Å². The minimum Gasteiger partial charge on any atom is -0.497 e. The van der Waals surface area contributed by atoms with Crippen molar-refractivity contribution in [2.45, 2.75) is 13.0 Å². The van der Waals surface area contributed by atoms with Crippen molar-refractivity contribution in [3.63, 3.8) is 0 Å². The summed E-state index contributed by atoms with van der Waals surface area (Å²) in [6.45, 7) is 1.31. The predicted octanol–water partition coefficient (Wildman–Crippen LogP) is 1.06. The highest BCUT2D eigenvalue weighted by Gasteiger charge is 2.28. The van der Waals surface area contributed by atoms with Crippen molar-refractivity contribution in [2.75, 3.05) is 38.8 Å². The molecule has 1 aromatic heterocycles. The number of amides is 2. The van der Waals surface area contributed by atoms with E-state index in [2.05, 4.69) is 10.4 Å². The summed E-state index contributed by atoms with van der Waals surface area (Å²) in [4.78, 5) is 25.9. The predicted molar refractivity (Wildman–Crippen MR) is 96.1 cm³/mol. The highest BCUT2D eigenvalue weighted by Crippen LogP contribution is 2.28. The molecule has 1 aromatic carbocycles. The van der Waals surface area contributed by atoms with Gasteiger partial charge in [-0.2, -0.15) is 5.10 Å². The highest BCUT2D eigenvalue weighted by molar-refractivity contribution is 5.99. The number of hydrogen-bond acceptors (Lipinski definition) is 5. The van der Waals surface area contributed by atoms with Gasteiger partial charge in [0.05, 0.1) is 26.0 Å². The maximum atomic E-state index is 12.3. The summed E-state index contributed by atoms with van der Waals surface area (Å²) in [6, 6.07) is 9.38. The van der Waals surface area contributed by atoms with Gasteiger partial charge in [-0.15, -0.1) is 0 Å². The van der Waals surface area contributed by atoms with Crippen molar-refractivity contribution in [1.29, 1.82) is 0 Å². The molecule has 0 radical (unpaired) electrons. The molecule has 1 N–H and O–H groups in total. The van der Waals surface area contributed by atoms with E-state index >= 15 is 0 Å². The maximum absolute atomic E-state index is 12.3. The summed E-state index contributed by atoms with van der Waals surface area (Å²) in [5.41, 5.74) is 1.67. The molecule has 0 fully saturated rings. The second kappa shape index (κ2) is 8.01. The van der Waals surface area contributed by atoms with Gasteiger partial charge < -0.3 is 14.8 Å². The van der Waals surface area contributed by atoms with Crippen molar-refractivity contribution < 1.29 is 19.1 Å². The fourth-order valence-corrected chi connectivity index (χ4v) is 2.82. The molecule has 0 aliphatic carbocycles. The number of rotatable bonds is 7. The molecular formula is C18H22N4O4. The average Bonchev–Trinajstić information content (AvgIpc) is 3.09. The van der Waals surface area contributed by atoms with Crippen molar-refractivity contribution in [3.8, 4) is 17.0 Å². The Morgan fingerprint density at radius 2 is 2.04 bits per heavy atom. The van der Waals surface area contributed by atoms with Crippen LogP contribution in [0.3, 0.4) is 0 Å². The molecule has 26 heavy (non-hydrogen) atoms. The molecule has 8 nitrogen and oxygen atoms in total. The van der Waals surface area contributed by atoms with E-state index in [0.717, 1.165) is 17.0 Å². The van der Waals surface area contributed by atoms with E-state index < -0.39 is 0 Å². The van der Waals surface area contributed by atoms with Crippen molar-refractivity contribution in [2.24, 2.45) is 0 Å². The summed E-state index contributed by atoms with van der Waals surface area (Å²) in [7, 11) is 3.19. The third kappa shape index (κ3) is 3.85. The quantitative estimate of drug-likeness (QED) is 0.748. The van der Waals surface area contributed by atoms with Gasteiger partial charge in [-0.25, -0.2) is 4.68 Å². The number of anilines is 1. The van der Waals surface area contributed by atoms with Crippen LogP contribution < -0.4 is 15.0 Å². The minimum atomic E-state index is -0.226. The number of ether oxygens (including phenoxy) is 2. The van der Waals surface area contributed by atoms with Crippen LogP contribution in [0.15, 0.2) is 30.3 Å². The number of nitrogens with zero attached hydrogens (tertiary/aromatic N) is 3. The lowest BCUT2D eigenvalue weighted by Crippen LogP contribution is -2.44. The zero-order valence-corrected chi connectivity index (χ0v) is 14.9. The Bertz CT molecular complexity index is 785. The van der Waals surface area contributed by atoms with Gasteiger partial charge in [0, 0.05) is 31.7 Å². The van der Waals surface area contributed by atoms with Crippen LogP contribution in [0.5, 0.6) is 5.75 Å². The Balaban J connectivity index is 1.79. The normalized spacial score (nSPS) is 13.5. The third-order valence-electron chi connectivity index (χ3n) is 4.19. The Labute approximate surface area is 151 Å². The van der Waals surface area contributed by atoms with E-state index in [1.165, 1.54) is 4.90 Å². The molecule has 8 heteroatoms. The number of aryl methyl sites for hydroxylation is 1. The number of methoxy groups -OCH3 is 2. The average molecular weight is 358 g/mol. The van der Waals surface area contributed by atoms with Crippen LogP contribution in [0.25, 0.3) is 11.3 Å². The lowest BCUT2D eigenvalue weighted by atomic mass is 10.1. The number of fused-ring (bicyclic) bond motifs is 1. The summed E-state index contributed by atoms with van der Waals surface area (Å²) in [6.07, 6.45) is 0.322. The number of carbonyl (C=O) groups excluding carboxylic acids is 2. The summed E-state index contributed by atoms with van der Waals surface area (Å²) >= 11 is 0. The first-order valence-electron chi connectivity index (χ1n) is 8.40. The van der Waals surface area contributed by atoms with E-state index in [0.29, 0.717) is 31.9 Å². The van der Waals surface area contributed by atoms with Gasteiger partial charge >= 0.3 is 0 Å². The lowest BCUT2D eigenvalue weighted by Gasteiger charge is -2.26. The molecule has 2 amide bonds. The van der Waals surface area contributed by atoms with Crippen LogP contribution >= 0.6 is 0 Å². The molecule has 0 saturated carbocycles. The first-order chi connectivity index (χ1) is 12.6. The Morgan fingerprint density at radius 1 is 1.27 bits per heavy atom. The van der Waals surface area contributed by atoms with Crippen LogP contribution in [0.2, 0.25) is 0 Å². The molecule has 1 aliphatic rings. The standard InChI is InChI=1S/C18H22N4O4/c1-25-10-8-19-16(23)12-21-17-11-15(20-22(17)9-7-18(21)24)13-3-5-14(26-2)6-4-13/h3-6,11H,7-10,12H2,1-2H3,(H,19,23). The molecule has 1 aliphatic heterocycles. The molecule has 0 spiro atoms. The molecular weight excluding hydrogens is 336 g/mol. The van der Waals surface area contributed by atoms with Crippen LogP contribution in [0.1, 0.15) is 6.42 Å². The molecule has 2 heterocycles. The minimum absolute atomic E-state index is 0.0315. The number of benzene rings is 1. The van der Waals surface area contributed by atoms with Gasteiger partial charge in [0.1, 0.15) is 18.1 Å². The van der Waals surface area contributed by atoms with Crippen LogP contribution in [-0.4, -0.2) is 55.5 Å². The zero-order valence-electron chi connectivity index (χ0n) is 14.9. The Hall–Kier alpha value is -2.87. The van der Waals surface area contributed by atoms with E-state index in [-0.39, 0.29) is 18.4 Å². The second-order valence-electron chi connectivity index (χ2n) is 5.91. The van der Waals surface area contributed by atoms with E-state index in [1.54, 1.807) is 18.9 Å². The number of nitrogens with one attached hydrogen (secondary N) is 1. The third-order valence-corrected chi connectivity index (χ3v) is 4.19. The summed E-state index contributed by atoms with van der Waals surface area (Å²) < 4.78 is 11.8. The number of carbonyl (C=O) groups is 2. The Morgan fingerprint density at radius 3 is 2.73 bits per heavy atom. The monoisotopic (exact) mass is 358 g/mol. The lowest BCUT2D eigenvalue weighted by molar-refractivity contribution is -0.124. The first-order valence-corrected chi connectivity index (χ1v) is 8.40. The van der Waals surface area contributed by atoms with Crippen LogP contribution in [-0.2, 0) is 20.9 Å². The summed E-state index contributed by atoms with van der Waals surface area (Å²) in [5.74, 6) is 1.09. The van der Waals surface area contributed by atoms with E-state index in [4.69, 9.17) is 9.47 Å². The van der Waals surface area contributed by atoms with Crippen LogP contribution in [0.4, 0.5) is 5.82 Å². The van der Waals surface area contributed by atoms with Crippen molar-refractivity contribution in [3.05, 3.63) is 30.3 Å². The summed E-state index contributed by atoms with van der Waals surface area (Å²) in [5, 5.41) is 7.31. The smallest absolute Gasteiger partial charge is 0.240 e. The topological polar surface area (TPSA) is 85.7 Å². The van der Waals surface area contributed by atoms with Crippen LogP contribution in [0, 0.1) is 0 Å². The molecule has 0 bridgehead atoms. The molecule has 0 atom stereocenters. The number of hydrogen-bond donors (Lipinski definition) is 1. The maximum Gasteiger partial charge on any atom is 0.240 e. The fraction of sp³-hybridized carbons (Fsp3) is 0.389. The second-order valence-corrected chi connectivity index (χ2v) is 5.91. The molecule has 0 saturated heterocycles. The highest BCUT2D eigenvalue weighted by atomic mass is 16.5. The van der Waals surface area contributed by atoms with Crippen molar-refractivity contribution in [1.82, 2.24) is 15.1 Å². The first kappa shape index (κ1) is 17.9. The van der Waals surface area contributed by atoms with Crippen molar-refractivity contribution >= 4 is 17.6 Å². The molecule has 0 unspecified atom stereocenters. The van der Waals surface area contributed by atoms with E-state index in [9.17, 15) is 9.59 Å². The molecule has 3 rings (SSSR count). The SMILES string of the molecule is COCCNC(=O)CN1C(=O)CCn2nc(-c3ccc(OC)cc3)cc21. The zero-order chi connectivity index (χ0) is 18.5. The van der Waals surface area contributed by atoms with Gasteiger partial charge in [0.2, 0.25) is 11.8 Å². The van der Waals surface area contributed by atoms with Gasteiger partial charge in [-0.1, -0.05) is 0 Å². The molecule has 2 aromatic rings. The van der Waals surface area contributed by atoms with Gasteiger partial charge in [0.25, 0.3) is 0 Å².